The summed E-state index contributed by atoms with van der Waals surface area (Å²) in [5.41, 5.74) is 0.659. The highest BCUT2D eigenvalue weighted by molar-refractivity contribution is 7.84. The largest absolute Gasteiger partial charge is 0.480 e. The van der Waals surface area contributed by atoms with Crippen LogP contribution < -0.4 is 21.5 Å². The number of carboxylic acids is 1. The van der Waals surface area contributed by atoms with Crippen molar-refractivity contribution in [2.45, 2.75) is 44.4 Å². The monoisotopic (exact) mass is 609 g/mol. The van der Waals surface area contributed by atoms with E-state index in [2.05, 4.69) is 36.4 Å². The number of aliphatic carboxylic acids is 1. The number of nitrogens with one attached hydrogen (secondary N) is 4. The number of carbonyl (C=O) groups excluding carboxylic acids is 1. The molecule has 43 heavy (non-hydrogen) atoms. The van der Waals surface area contributed by atoms with Crippen molar-refractivity contribution in [2.24, 2.45) is 0 Å². The zero-order valence-corrected chi connectivity index (χ0v) is 24.0. The van der Waals surface area contributed by atoms with Crippen LogP contribution in [0.25, 0.3) is 10.9 Å². The summed E-state index contributed by atoms with van der Waals surface area (Å²) in [6.45, 7) is 3.41. The van der Waals surface area contributed by atoms with Crippen LogP contribution in [0, 0.1) is 32.0 Å². The molecule has 0 saturated carbocycles. The molecule has 0 bridgehead atoms. The molecule has 5 N–H and O–H groups in total. The third-order valence-corrected chi connectivity index (χ3v) is 7.88. The van der Waals surface area contributed by atoms with Crippen LogP contribution >= 0.6 is 0 Å². The maximum Gasteiger partial charge on any atom is 0.341 e. The van der Waals surface area contributed by atoms with Gasteiger partial charge in [-0.2, -0.15) is 0 Å². The minimum Gasteiger partial charge on any atom is -0.480 e. The molecule has 15 heteroatoms. The van der Waals surface area contributed by atoms with Gasteiger partial charge in [0.25, 0.3) is 11.5 Å². The van der Waals surface area contributed by atoms with Crippen molar-refractivity contribution < 1.29 is 23.3 Å². The maximum atomic E-state index is 15.4. The number of aryl methyl sites for hydroxylation is 2. The molecule has 224 valence electrons. The number of hydrogen-bond donors (Lipinski definition) is 5. The van der Waals surface area contributed by atoms with E-state index in [1.165, 1.54) is 17.0 Å². The fraction of sp³-hybridized carbons (Fsp3) is 0.286. The van der Waals surface area contributed by atoms with Crippen LogP contribution in [-0.2, 0) is 22.1 Å². The normalized spacial score (nSPS) is 12.4. The van der Waals surface area contributed by atoms with Crippen molar-refractivity contribution in [3.05, 3.63) is 79.5 Å². The van der Waals surface area contributed by atoms with Gasteiger partial charge in [-0.1, -0.05) is 12.0 Å². The molecule has 13 nitrogen and oxygen atoms in total. The van der Waals surface area contributed by atoms with Crippen molar-refractivity contribution in [3.63, 3.8) is 0 Å². The summed E-state index contributed by atoms with van der Waals surface area (Å²) in [5, 5.41) is 18.1. The van der Waals surface area contributed by atoms with E-state index >= 15 is 4.39 Å². The Morgan fingerprint density at radius 2 is 2.00 bits per heavy atom. The molecule has 1 amide bonds. The zero-order chi connectivity index (χ0) is 31.3. The highest BCUT2D eigenvalue weighted by atomic mass is 32.2. The number of rotatable bonds is 12. The van der Waals surface area contributed by atoms with Crippen molar-refractivity contribution in [1.29, 1.82) is 0 Å². The molecule has 2 aromatic heterocycles. The van der Waals surface area contributed by atoms with Crippen LogP contribution in [0.4, 0.5) is 10.1 Å². The molecular formula is C28H28FN7O6S. The van der Waals surface area contributed by atoms with Crippen LogP contribution in [0.5, 0.6) is 0 Å². The number of halogens is 1. The summed E-state index contributed by atoms with van der Waals surface area (Å²) in [5.74, 6) is -0.0521. The number of hydrogen-bond acceptors (Lipinski definition) is 8. The number of carboxylic acid groups (broad SMARTS) is 1. The minimum atomic E-state index is -1.69. The van der Waals surface area contributed by atoms with E-state index in [0.717, 1.165) is 11.6 Å². The smallest absolute Gasteiger partial charge is 0.341 e. The number of aromatic nitrogens is 5. The SMILES string of the molecule is C#CCN(Cc1cc2c(=O)[nH]c(C)nc2cc1C)c1c(F)cccc1C(=O)N[C@@H](CCCS(=O)c1n[nH]c(=O)[nH]1)C(=O)O. The van der Waals surface area contributed by atoms with E-state index in [9.17, 15) is 28.5 Å². The molecular weight excluding hydrogens is 581 g/mol. The van der Waals surface area contributed by atoms with Gasteiger partial charge in [0, 0.05) is 12.3 Å². The maximum absolute atomic E-state index is 15.4. The number of aromatic amines is 3. The van der Waals surface area contributed by atoms with Gasteiger partial charge in [0.2, 0.25) is 5.16 Å². The molecule has 1 unspecified atom stereocenters. The van der Waals surface area contributed by atoms with Gasteiger partial charge in [0.05, 0.1) is 39.5 Å². The van der Waals surface area contributed by atoms with Crippen LogP contribution in [-0.4, -0.2) is 64.7 Å². The Balaban J connectivity index is 1.57. The summed E-state index contributed by atoms with van der Waals surface area (Å²) in [7, 11) is -1.69. The number of para-hydroxylation sites is 1. The standard InChI is InChI=1S/C28H28FN7O6S/c1-4-10-36(14-17-13-19-22(12-15(17)2)30-16(3)31-25(19)38)23-18(7-5-8-20(23)29)24(37)32-21(26(39)40)9-6-11-43(42)28-33-27(41)34-35-28/h1,5,7-8,12-13,21H,6,9-11,14H2,2-3H3,(H,32,37)(H,39,40)(H,30,31,38)(H2,33,34,35,41)/t21-,43?/m0/s1. The number of carbonyl (C=O) groups is 2. The molecule has 2 atom stereocenters. The lowest BCUT2D eigenvalue weighted by atomic mass is 10.0. The molecule has 0 aliphatic heterocycles. The Kier molecular flexibility index (Phi) is 9.51. The third kappa shape index (κ3) is 7.22. The summed E-state index contributed by atoms with van der Waals surface area (Å²) in [4.78, 5) is 59.7. The first-order chi connectivity index (χ1) is 20.5. The van der Waals surface area contributed by atoms with Gasteiger partial charge >= 0.3 is 11.7 Å². The van der Waals surface area contributed by atoms with Crippen LogP contribution in [0.3, 0.4) is 0 Å². The first-order valence-electron chi connectivity index (χ1n) is 13.0. The van der Waals surface area contributed by atoms with Crippen molar-refractivity contribution in [1.82, 2.24) is 30.5 Å². The minimum absolute atomic E-state index is 0.0232. The van der Waals surface area contributed by atoms with Crippen molar-refractivity contribution in [3.8, 4) is 12.3 Å². The summed E-state index contributed by atoms with van der Waals surface area (Å²) < 4.78 is 27.6. The van der Waals surface area contributed by atoms with Gasteiger partial charge in [-0.25, -0.2) is 24.1 Å². The quantitative estimate of drug-likeness (QED) is 0.148. The first kappa shape index (κ1) is 30.8. The van der Waals surface area contributed by atoms with Crippen molar-refractivity contribution >= 4 is 39.3 Å². The molecule has 0 radical (unpaired) electrons. The fourth-order valence-electron chi connectivity index (χ4n) is 4.54. The van der Waals surface area contributed by atoms with E-state index in [1.54, 1.807) is 19.1 Å². The Morgan fingerprint density at radius 1 is 1.23 bits per heavy atom. The van der Waals surface area contributed by atoms with Gasteiger partial charge in [0.15, 0.2) is 0 Å². The third-order valence-electron chi connectivity index (χ3n) is 6.59. The highest BCUT2D eigenvalue weighted by Crippen LogP contribution is 2.28. The highest BCUT2D eigenvalue weighted by Gasteiger charge is 2.26. The Labute approximate surface area is 246 Å². The number of benzene rings is 2. The van der Waals surface area contributed by atoms with Crippen molar-refractivity contribution in [2.75, 3.05) is 17.2 Å². The molecule has 4 aromatic rings. The number of terminal acetylenes is 1. The van der Waals surface area contributed by atoms with Crippen LogP contribution in [0.1, 0.15) is 40.2 Å². The Bertz CT molecular complexity index is 1880. The summed E-state index contributed by atoms with van der Waals surface area (Å²) >= 11 is 0. The van der Waals surface area contributed by atoms with E-state index < -0.39 is 40.2 Å². The second kappa shape index (κ2) is 13.3. The van der Waals surface area contributed by atoms with Crippen LogP contribution in [0.2, 0.25) is 0 Å². The number of amides is 1. The van der Waals surface area contributed by atoms with E-state index in [0.29, 0.717) is 22.3 Å². The Morgan fingerprint density at radius 3 is 2.67 bits per heavy atom. The topological polar surface area (TPSA) is 194 Å². The molecule has 0 aliphatic carbocycles. The summed E-state index contributed by atoms with van der Waals surface area (Å²) in [6.07, 6.45) is 5.61. The number of H-pyrrole nitrogens is 3. The van der Waals surface area contributed by atoms with E-state index in [-0.39, 0.29) is 53.7 Å². The van der Waals surface area contributed by atoms with Crippen LogP contribution in [0.15, 0.2) is 45.1 Å². The average molecular weight is 610 g/mol. The molecule has 2 aromatic carbocycles. The number of anilines is 1. The lowest BCUT2D eigenvalue weighted by molar-refractivity contribution is -0.139. The number of fused-ring (bicyclic) bond motifs is 1. The van der Waals surface area contributed by atoms with Gasteiger partial charge in [-0.15, -0.1) is 11.5 Å². The lowest BCUT2D eigenvalue weighted by Gasteiger charge is -2.27. The molecule has 0 saturated heterocycles. The average Bonchev–Trinajstić information content (AvgIpc) is 3.38. The molecule has 2 heterocycles. The fourth-order valence-corrected chi connectivity index (χ4v) is 5.52. The molecule has 0 fully saturated rings. The second-order valence-electron chi connectivity index (χ2n) is 9.68. The zero-order valence-electron chi connectivity index (χ0n) is 23.2. The molecule has 4 rings (SSSR count). The predicted octanol–water partition coefficient (Wildman–Crippen LogP) is 1.50. The summed E-state index contributed by atoms with van der Waals surface area (Å²) in [6, 6.07) is 5.83. The van der Waals surface area contributed by atoms with Gasteiger partial charge < -0.3 is 20.3 Å². The second-order valence-corrected chi connectivity index (χ2v) is 11.2. The molecule has 0 spiro atoms. The predicted molar refractivity (Wildman–Crippen MR) is 157 cm³/mol. The molecule has 0 aliphatic rings. The van der Waals surface area contributed by atoms with Gasteiger partial charge in [0.1, 0.15) is 17.7 Å². The Hall–Kier alpha value is -5.10. The van der Waals surface area contributed by atoms with E-state index in [4.69, 9.17) is 6.42 Å². The van der Waals surface area contributed by atoms with Gasteiger partial charge in [-0.05, 0) is 62.1 Å². The van der Waals surface area contributed by atoms with Gasteiger partial charge in [-0.3, -0.25) is 18.8 Å². The number of nitrogens with zero attached hydrogens (tertiary/aromatic N) is 3. The lowest BCUT2D eigenvalue weighted by Crippen LogP contribution is -2.41. The van der Waals surface area contributed by atoms with E-state index in [1.807, 2.05) is 6.92 Å². The first-order valence-corrected chi connectivity index (χ1v) is 14.3.